The number of ether oxygens (including phenoxy) is 2. The van der Waals surface area contributed by atoms with E-state index in [1.165, 1.54) is 25.7 Å². The minimum Gasteiger partial charge on any atom is -0.497 e. The highest BCUT2D eigenvalue weighted by atomic mass is 16.5. The van der Waals surface area contributed by atoms with E-state index in [0.717, 1.165) is 44.8 Å². The molecule has 1 heterocycles. The van der Waals surface area contributed by atoms with E-state index in [1.54, 1.807) is 13.2 Å². The molecule has 180 valence electrons. The molecule has 0 radical (unpaired) electrons. The van der Waals surface area contributed by atoms with Crippen LogP contribution in [0.15, 0.2) is 18.2 Å². The van der Waals surface area contributed by atoms with Crippen LogP contribution in [0, 0.1) is 0 Å². The maximum atomic E-state index is 13.1. The normalized spacial score (nSPS) is 19.7. The van der Waals surface area contributed by atoms with Crippen LogP contribution in [0.2, 0.25) is 0 Å². The maximum absolute atomic E-state index is 13.1. The summed E-state index contributed by atoms with van der Waals surface area (Å²) < 4.78 is 11.7. The average Bonchev–Trinajstić information content (AvgIpc) is 3.28. The number of rotatable bonds is 10. The van der Waals surface area contributed by atoms with Crippen LogP contribution < -0.4 is 14.8 Å². The topological polar surface area (TPSA) is 71.0 Å². The fraction of sp³-hybridized carbons (Fsp3) is 0.731. The summed E-state index contributed by atoms with van der Waals surface area (Å²) in [7, 11) is 1.61. The van der Waals surface area contributed by atoms with Crippen molar-refractivity contribution in [2.75, 3.05) is 20.2 Å². The van der Waals surface area contributed by atoms with Crippen LogP contribution in [0.3, 0.4) is 0 Å². The number of carbonyl (C=O) groups excluding carboxylic acids is 1. The summed E-state index contributed by atoms with van der Waals surface area (Å²) in [4.78, 5) is 15.7. The van der Waals surface area contributed by atoms with Gasteiger partial charge in [0, 0.05) is 25.2 Å². The minimum atomic E-state index is -0.676. The van der Waals surface area contributed by atoms with Gasteiger partial charge in [0.1, 0.15) is 17.6 Å². The summed E-state index contributed by atoms with van der Waals surface area (Å²) in [5.41, 5.74) is -0.151. The van der Waals surface area contributed by atoms with E-state index in [4.69, 9.17) is 9.47 Å². The second-order valence-corrected chi connectivity index (χ2v) is 10.2. The van der Waals surface area contributed by atoms with E-state index >= 15 is 0 Å². The lowest BCUT2D eigenvalue weighted by atomic mass is 9.99. The summed E-state index contributed by atoms with van der Waals surface area (Å²) in [6.07, 6.45) is 9.90. The third kappa shape index (κ3) is 7.38. The van der Waals surface area contributed by atoms with Gasteiger partial charge in [0.05, 0.1) is 18.3 Å². The molecule has 1 amide bonds. The molecule has 32 heavy (non-hydrogen) atoms. The summed E-state index contributed by atoms with van der Waals surface area (Å²) in [6.45, 7) is 7.78. The van der Waals surface area contributed by atoms with E-state index in [9.17, 15) is 9.90 Å². The van der Waals surface area contributed by atoms with Crippen molar-refractivity contribution in [3.63, 3.8) is 0 Å². The first-order valence-electron chi connectivity index (χ1n) is 12.4. The van der Waals surface area contributed by atoms with Crippen molar-refractivity contribution in [3.05, 3.63) is 23.8 Å². The third-order valence-electron chi connectivity index (χ3n) is 6.85. The van der Waals surface area contributed by atoms with Gasteiger partial charge in [0.25, 0.3) is 5.91 Å². The molecule has 3 rings (SSSR count). The predicted molar refractivity (Wildman–Crippen MR) is 128 cm³/mol. The molecule has 1 atom stereocenters. The number of nitrogens with zero attached hydrogens (tertiary/aromatic N) is 1. The molecule has 1 aliphatic heterocycles. The largest absolute Gasteiger partial charge is 0.497 e. The van der Waals surface area contributed by atoms with Crippen LogP contribution in [0.4, 0.5) is 0 Å². The summed E-state index contributed by atoms with van der Waals surface area (Å²) in [5.74, 6) is 1.14. The van der Waals surface area contributed by atoms with Crippen LogP contribution in [0.1, 0.15) is 88.9 Å². The van der Waals surface area contributed by atoms with Crippen molar-refractivity contribution < 1.29 is 19.4 Å². The Kier molecular flexibility index (Phi) is 8.83. The molecule has 1 aromatic carbocycles. The van der Waals surface area contributed by atoms with Crippen LogP contribution in [-0.4, -0.2) is 59.9 Å². The first kappa shape index (κ1) is 24.8. The van der Waals surface area contributed by atoms with Crippen molar-refractivity contribution in [2.24, 2.45) is 0 Å². The van der Waals surface area contributed by atoms with Gasteiger partial charge in [-0.1, -0.05) is 12.8 Å². The molecule has 0 spiro atoms. The van der Waals surface area contributed by atoms with Gasteiger partial charge in [0.15, 0.2) is 0 Å². The number of piperidine rings is 1. The number of aliphatic hydroxyl groups is 1. The quantitative estimate of drug-likeness (QED) is 0.552. The third-order valence-corrected chi connectivity index (χ3v) is 6.85. The van der Waals surface area contributed by atoms with Crippen molar-refractivity contribution in [1.82, 2.24) is 10.2 Å². The van der Waals surface area contributed by atoms with Crippen molar-refractivity contribution >= 4 is 5.91 Å². The fourth-order valence-corrected chi connectivity index (χ4v) is 4.94. The van der Waals surface area contributed by atoms with Crippen molar-refractivity contribution in [2.45, 2.75) is 102 Å². The molecule has 0 aromatic heterocycles. The van der Waals surface area contributed by atoms with Crippen LogP contribution in [-0.2, 0) is 0 Å². The van der Waals surface area contributed by atoms with Gasteiger partial charge in [0.2, 0.25) is 0 Å². The van der Waals surface area contributed by atoms with Crippen LogP contribution in [0.25, 0.3) is 0 Å². The Balaban J connectivity index is 1.57. The summed E-state index contributed by atoms with van der Waals surface area (Å²) >= 11 is 0. The number of amides is 1. The van der Waals surface area contributed by atoms with Gasteiger partial charge in [-0.25, -0.2) is 0 Å². The first-order valence-corrected chi connectivity index (χ1v) is 12.4. The maximum Gasteiger partial charge on any atom is 0.255 e. The molecule has 1 aliphatic carbocycles. The lowest BCUT2D eigenvalue weighted by Crippen LogP contribution is -2.43. The van der Waals surface area contributed by atoms with Gasteiger partial charge < -0.3 is 24.8 Å². The Morgan fingerprint density at radius 2 is 1.91 bits per heavy atom. The molecule has 1 saturated heterocycles. The molecule has 0 bridgehead atoms. The van der Waals surface area contributed by atoms with Crippen LogP contribution >= 0.6 is 0 Å². The Labute approximate surface area is 193 Å². The molecular weight excluding hydrogens is 404 g/mol. The molecule has 2 fully saturated rings. The van der Waals surface area contributed by atoms with Crippen molar-refractivity contribution in [3.8, 4) is 11.5 Å². The molecular formula is C26H42N2O4. The summed E-state index contributed by atoms with van der Waals surface area (Å²) in [5, 5.41) is 13.0. The zero-order valence-electron chi connectivity index (χ0n) is 20.4. The van der Waals surface area contributed by atoms with Crippen molar-refractivity contribution in [1.29, 1.82) is 0 Å². The molecule has 6 heteroatoms. The van der Waals surface area contributed by atoms with Gasteiger partial charge >= 0.3 is 0 Å². The van der Waals surface area contributed by atoms with E-state index < -0.39 is 5.60 Å². The number of carbonyl (C=O) groups is 1. The minimum absolute atomic E-state index is 0.0125. The van der Waals surface area contributed by atoms with Gasteiger partial charge in [-0.3, -0.25) is 4.79 Å². The monoisotopic (exact) mass is 446 g/mol. The van der Waals surface area contributed by atoms with Gasteiger partial charge in [-0.15, -0.1) is 0 Å². The second-order valence-electron chi connectivity index (χ2n) is 10.2. The zero-order valence-corrected chi connectivity index (χ0v) is 20.4. The summed E-state index contributed by atoms with van der Waals surface area (Å²) in [6, 6.07) is 6.25. The fourth-order valence-electron chi connectivity index (χ4n) is 4.94. The number of nitrogens with one attached hydrogen (secondary N) is 1. The predicted octanol–water partition coefficient (Wildman–Crippen LogP) is 4.54. The lowest BCUT2D eigenvalue weighted by Gasteiger charge is -2.36. The highest BCUT2D eigenvalue weighted by Gasteiger charge is 2.28. The highest BCUT2D eigenvalue weighted by Crippen LogP contribution is 2.30. The number of hydrogen-bond donors (Lipinski definition) is 2. The standard InChI is InChI=1S/C26H42N2O4/c1-19(8-7-15-26(2,3)30)27-25(29)23-18-22(31-4)11-12-24(23)32-21-13-16-28(17-14-21)20-9-5-6-10-20/h11-12,18-21,30H,5-10,13-17H2,1-4H3,(H,27,29)/t19-/m1/s1. The van der Waals surface area contributed by atoms with E-state index in [2.05, 4.69) is 10.2 Å². The second kappa shape index (κ2) is 11.4. The lowest BCUT2D eigenvalue weighted by molar-refractivity contribution is 0.0673. The molecule has 2 aliphatic rings. The number of likely N-dealkylation sites (tertiary alicyclic amines) is 1. The first-order chi connectivity index (χ1) is 15.2. The molecule has 2 N–H and O–H groups in total. The molecule has 6 nitrogen and oxygen atoms in total. The number of hydrogen-bond acceptors (Lipinski definition) is 5. The van der Waals surface area contributed by atoms with E-state index in [1.807, 2.05) is 32.9 Å². The molecule has 1 saturated carbocycles. The van der Waals surface area contributed by atoms with E-state index in [0.29, 0.717) is 23.5 Å². The van der Waals surface area contributed by atoms with Gasteiger partial charge in [-0.05, 0) is 83.9 Å². The molecule has 1 aromatic rings. The van der Waals surface area contributed by atoms with Crippen LogP contribution in [0.5, 0.6) is 11.5 Å². The number of benzene rings is 1. The average molecular weight is 447 g/mol. The Morgan fingerprint density at radius 1 is 1.22 bits per heavy atom. The Morgan fingerprint density at radius 3 is 2.53 bits per heavy atom. The SMILES string of the molecule is COc1ccc(OC2CCN(C3CCCC3)CC2)c(C(=O)N[C@H](C)CCCC(C)(C)O)c1. The Hall–Kier alpha value is -1.79. The van der Waals surface area contributed by atoms with E-state index in [-0.39, 0.29) is 18.1 Å². The number of methoxy groups -OCH3 is 1. The smallest absolute Gasteiger partial charge is 0.255 e. The molecule has 0 unspecified atom stereocenters. The zero-order chi connectivity index (χ0) is 23.1. The highest BCUT2D eigenvalue weighted by molar-refractivity contribution is 5.97. The van der Waals surface area contributed by atoms with Gasteiger partial charge in [-0.2, -0.15) is 0 Å². The Bertz CT molecular complexity index is 732.